The molecule has 3 rings (SSSR count). The van der Waals surface area contributed by atoms with Gasteiger partial charge in [0.1, 0.15) is 0 Å². The number of hydrogen-bond acceptors (Lipinski definition) is 2. The SMILES string of the molecule is CC(C)c1cnn(C2(CC#N)CC3(CCC3)C2)c1. The molecule has 0 bridgehead atoms. The van der Waals surface area contributed by atoms with Gasteiger partial charge in [0.05, 0.1) is 24.2 Å². The molecule has 0 aliphatic heterocycles. The van der Waals surface area contributed by atoms with Gasteiger partial charge in [0.15, 0.2) is 0 Å². The van der Waals surface area contributed by atoms with Crippen LogP contribution in [0.1, 0.15) is 63.9 Å². The second kappa shape index (κ2) is 3.85. The van der Waals surface area contributed by atoms with Crippen molar-refractivity contribution in [3.8, 4) is 6.07 Å². The third kappa shape index (κ3) is 1.59. The summed E-state index contributed by atoms with van der Waals surface area (Å²) >= 11 is 0. The van der Waals surface area contributed by atoms with Crippen LogP contribution in [0.2, 0.25) is 0 Å². The monoisotopic (exact) mass is 243 g/mol. The Morgan fingerprint density at radius 3 is 2.61 bits per heavy atom. The fourth-order valence-electron chi connectivity index (χ4n) is 3.78. The lowest BCUT2D eigenvalue weighted by Crippen LogP contribution is -2.56. The van der Waals surface area contributed by atoms with E-state index < -0.39 is 0 Å². The molecule has 0 unspecified atom stereocenters. The van der Waals surface area contributed by atoms with E-state index in [1.54, 1.807) is 0 Å². The molecular formula is C15H21N3. The van der Waals surface area contributed by atoms with E-state index in [0.717, 1.165) is 12.8 Å². The van der Waals surface area contributed by atoms with Crippen LogP contribution in [0.4, 0.5) is 0 Å². The zero-order chi connectivity index (χ0) is 12.8. The van der Waals surface area contributed by atoms with E-state index in [4.69, 9.17) is 5.26 Å². The minimum absolute atomic E-state index is 0.00229. The maximum absolute atomic E-state index is 9.11. The Bertz CT molecular complexity index is 480. The van der Waals surface area contributed by atoms with Gasteiger partial charge in [-0.05, 0) is 42.6 Å². The van der Waals surface area contributed by atoms with E-state index in [-0.39, 0.29) is 5.54 Å². The van der Waals surface area contributed by atoms with Crippen molar-refractivity contribution in [1.82, 2.24) is 9.78 Å². The predicted octanol–water partition coefficient (Wildman–Crippen LogP) is 3.58. The molecule has 96 valence electrons. The highest BCUT2D eigenvalue weighted by Crippen LogP contribution is 2.64. The Balaban J connectivity index is 1.84. The number of nitrogens with zero attached hydrogens (tertiary/aromatic N) is 3. The van der Waals surface area contributed by atoms with Gasteiger partial charge in [-0.3, -0.25) is 4.68 Å². The quantitative estimate of drug-likeness (QED) is 0.814. The van der Waals surface area contributed by atoms with E-state index in [1.165, 1.54) is 24.8 Å². The Morgan fingerprint density at radius 1 is 1.44 bits per heavy atom. The van der Waals surface area contributed by atoms with Crippen molar-refractivity contribution in [2.45, 2.75) is 63.8 Å². The van der Waals surface area contributed by atoms with Gasteiger partial charge in [-0.1, -0.05) is 20.3 Å². The first-order valence-corrected chi connectivity index (χ1v) is 7.01. The van der Waals surface area contributed by atoms with Crippen molar-refractivity contribution in [2.24, 2.45) is 5.41 Å². The van der Waals surface area contributed by atoms with Crippen LogP contribution in [0.5, 0.6) is 0 Å². The van der Waals surface area contributed by atoms with Crippen LogP contribution in [0, 0.1) is 16.7 Å². The zero-order valence-corrected chi connectivity index (χ0v) is 11.3. The molecule has 2 aliphatic carbocycles. The molecule has 2 fully saturated rings. The lowest BCUT2D eigenvalue weighted by Gasteiger charge is -2.60. The highest BCUT2D eigenvalue weighted by Gasteiger charge is 2.58. The number of rotatable bonds is 3. The van der Waals surface area contributed by atoms with Gasteiger partial charge < -0.3 is 0 Å². The fraction of sp³-hybridized carbons (Fsp3) is 0.733. The molecule has 0 radical (unpaired) electrons. The third-order valence-electron chi connectivity index (χ3n) is 4.99. The van der Waals surface area contributed by atoms with E-state index >= 15 is 0 Å². The molecule has 0 aromatic carbocycles. The van der Waals surface area contributed by atoms with Crippen LogP contribution in [-0.2, 0) is 5.54 Å². The molecule has 3 heteroatoms. The second-order valence-corrected chi connectivity index (χ2v) is 6.64. The van der Waals surface area contributed by atoms with Crippen molar-refractivity contribution < 1.29 is 0 Å². The molecular weight excluding hydrogens is 222 g/mol. The van der Waals surface area contributed by atoms with Gasteiger partial charge in [-0.25, -0.2) is 0 Å². The molecule has 1 aromatic heterocycles. The highest BCUT2D eigenvalue weighted by molar-refractivity contribution is 5.17. The summed E-state index contributed by atoms with van der Waals surface area (Å²) in [6.07, 6.45) is 11.1. The summed E-state index contributed by atoms with van der Waals surface area (Å²) in [5.41, 5.74) is 1.85. The Morgan fingerprint density at radius 2 is 2.17 bits per heavy atom. The van der Waals surface area contributed by atoms with Gasteiger partial charge in [0, 0.05) is 6.20 Å². The summed E-state index contributed by atoms with van der Waals surface area (Å²) in [6.45, 7) is 4.37. The first-order valence-electron chi connectivity index (χ1n) is 7.01. The van der Waals surface area contributed by atoms with E-state index in [2.05, 4.69) is 35.9 Å². The summed E-state index contributed by atoms with van der Waals surface area (Å²) < 4.78 is 2.09. The molecule has 2 saturated carbocycles. The maximum atomic E-state index is 9.11. The second-order valence-electron chi connectivity index (χ2n) is 6.64. The Labute approximate surface area is 109 Å². The molecule has 1 aromatic rings. The lowest BCUT2D eigenvalue weighted by atomic mass is 9.48. The smallest absolute Gasteiger partial charge is 0.0767 e. The molecule has 1 spiro atoms. The Kier molecular flexibility index (Phi) is 2.52. The van der Waals surface area contributed by atoms with Crippen molar-refractivity contribution in [1.29, 1.82) is 5.26 Å². The molecule has 1 heterocycles. The average molecular weight is 243 g/mol. The van der Waals surface area contributed by atoms with Crippen molar-refractivity contribution in [3.05, 3.63) is 18.0 Å². The highest BCUT2D eigenvalue weighted by atomic mass is 15.3. The van der Waals surface area contributed by atoms with Crippen molar-refractivity contribution >= 4 is 0 Å². The summed E-state index contributed by atoms with van der Waals surface area (Å²) in [7, 11) is 0. The topological polar surface area (TPSA) is 41.6 Å². The average Bonchev–Trinajstić information content (AvgIpc) is 2.69. The number of aromatic nitrogens is 2. The zero-order valence-electron chi connectivity index (χ0n) is 11.3. The van der Waals surface area contributed by atoms with Crippen LogP contribution in [-0.4, -0.2) is 9.78 Å². The minimum atomic E-state index is 0.00229. The van der Waals surface area contributed by atoms with Crippen molar-refractivity contribution in [3.63, 3.8) is 0 Å². The summed E-state index contributed by atoms with van der Waals surface area (Å²) in [5, 5.41) is 13.7. The number of hydrogen-bond donors (Lipinski definition) is 0. The predicted molar refractivity (Wildman–Crippen MR) is 70.0 cm³/mol. The summed E-state index contributed by atoms with van der Waals surface area (Å²) in [6, 6.07) is 2.37. The van der Waals surface area contributed by atoms with Gasteiger partial charge in [0.2, 0.25) is 0 Å². The van der Waals surface area contributed by atoms with Crippen LogP contribution in [0.25, 0.3) is 0 Å². The minimum Gasteiger partial charge on any atom is -0.265 e. The summed E-state index contributed by atoms with van der Waals surface area (Å²) in [4.78, 5) is 0. The third-order valence-corrected chi connectivity index (χ3v) is 4.99. The van der Waals surface area contributed by atoms with Crippen LogP contribution in [0.3, 0.4) is 0 Å². The normalized spacial score (nSPS) is 23.4. The first kappa shape index (κ1) is 11.8. The van der Waals surface area contributed by atoms with Crippen LogP contribution in [0.15, 0.2) is 12.4 Å². The van der Waals surface area contributed by atoms with E-state index in [9.17, 15) is 0 Å². The molecule has 2 aliphatic rings. The molecule has 3 nitrogen and oxygen atoms in total. The number of nitriles is 1. The largest absolute Gasteiger partial charge is 0.265 e. The molecule has 0 N–H and O–H groups in total. The van der Waals surface area contributed by atoms with E-state index in [1.807, 2.05) is 6.20 Å². The molecule has 18 heavy (non-hydrogen) atoms. The summed E-state index contributed by atoms with van der Waals surface area (Å²) in [5.74, 6) is 0.510. The van der Waals surface area contributed by atoms with E-state index in [0.29, 0.717) is 17.8 Å². The fourth-order valence-corrected chi connectivity index (χ4v) is 3.78. The molecule has 0 amide bonds. The van der Waals surface area contributed by atoms with Crippen LogP contribution < -0.4 is 0 Å². The standard InChI is InChI=1S/C15H21N3/c1-12(2)13-8-17-18(9-13)15(6-7-16)10-14(11-15)4-3-5-14/h8-9,12H,3-6,10-11H2,1-2H3. The van der Waals surface area contributed by atoms with Crippen LogP contribution >= 0.6 is 0 Å². The molecule has 0 saturated heterocycles. The van der Waals surface area contributed by atoms with Gasteiger partial charge in [0.25, 0.3) is 0 Å². The molecule has 0 atom stereocenters. The first-order chi connectivity index (χ1) is 8.59. The van der Waals surface area contributed by atoms with Gasteiger partial charge >= 0.3 is 0 Å². The van der Waals surface area contributed by atoms with Gasteiger partial charge in [-0.2, -0.15) is 10.4 Å². The lowest BCUT2D eigenvalue weighted by molar-refractivity contribution is -0.0897. The van der Waals surface area contributed by atoms with Crippen molar-refractivity contribution in [2.75, 3.05) is 0 Å². The Hall–Kier alpha value is -1.30. The maximum Gasteiger partial charge on any atom is 0.0767 e. The van der Waals surface area contributed by atoms with Gasteiger partial charge in [-0.15, -0.1) is 0 Å².